The molecule has 1 aromatic carbocycles. The van der Waals surface area contributed by atoms with E-state index in [9.17, 15) is 4.79 Å². The van der Waals surface area contributed by atoms with E-state index in [1.54, 1.807) is 25.3 Å². The number of nitrogens with two attached hydrogens (primary N) is 1. The van der Waals surface area contributed by atoms with Gasteiger partial charge in [0.15, 0.2) is 6.61 Å². The quantitative estimate of drug-likeness (QED) is 0.810. The summed E-state index contributed by atoms with van der Waals surface area (Å²) >= 11 is 0. The molecule has 0 unspecified atom stereocenters. The van der Waals surface area contributed by atoms with Crippen LogP contribution < -0.4 is 15.2 Å². The lowest BCUT2D eigenvalue weighted by Crippen LogP contribution is -2.48. The molecule has 20 heavy (non-hydrogen) atoms. The number of nitrogen functional groups attached to an aromatic ring is 1. The van der Waals surface area contributed by atoms with Gasteiger partial charge in [0, 0.05) is 32.2 Å². The van der Waals surface area contributed by atoms with E-state index < -0.39 is 0 Å². The first-order chi connectivity index (χ1) is 9.60. The molecule has 1 saturated heterocycles. The van der Waals surface area contributed by atoms with E-state index in [1.165, 1.54) is 0 Å². The number of piperazine rings is 1. The van der Waals surface area contributed by atoms with Crippen LogP contribution in [-0.4, -0.2) is 62.7 Å². The van der Waals surface area contributed by atoms with Crippen molar-refractivity contribution in [1.82, 2.24) is 9.80 Å². The summed E-state index contributed by atoms with van der Waals surface area (Å²) in [5.74, 6) is 1.17. The summed E-state index contributed by atoms with van der Waals surface area (Å²) in [6, 6.07) is 5.15. The van der Waals surface area contributed by atoms with Crippen LogP contribution >= 0.6 is 0 Å². The fourth-order valence-corrected chi connectivity index (χ4v) is 2.07. The van der Waals surface area contributed by atoms with E-state index >= 15 is 0 Å². The largest absolute Gasteiger partial charge is 0.497 e. The first-order valence-corrected chi connectivity index (χ1v) is 6.63. The minimum absolute atomic E-state index is 0.00619. The number of likely N-dealkylation sites (N-methyl/N-ethyl adjacent to an activating group) is 1. The van der Waals surface area contributed by atoms with Gasteiger partial charge in [0.1, 0.15) is 11.5 Å². The van der Waals surface area contributed by atoms with Crippen LogP contribution in [0.2, 0.25) is 0 Å². The molecule has 0 spiro atoms. The second kappa shape index (κ2) is 6.47. The van der Waals surface area contributed by atoms with Gasteiger partial charge in [-0.1, -0.05) is 0 Å². The minimum Gasteiger partial charge on any atom is -0.497 e. The molecule has 1 heterocycles. The van der Waals surface area contributed by atoms with Crippen molar-refractivity contribution in [1.29, 1.82) is 0 Å². The third kappa shape index (κ3) is 3.54. The molecule has 2 N–H and O–H groups in total. The van der Waals surface area contributed by atoms with E-state index in [0.29, 0.717) is 17.2 Å². The van der Waals surface area contributed by atoms with Crippen molar-refractivity contribution in [2.24, 2.45) is 0 Å². The van der Waals surface area contributed by atoms with Crippen molar-refractivity contribution in [2.45, 2.75) is 0 Å². The summed E-state index contributed by atoms with van der Waals surface area (Å²) in [4.78, 5) is 16.0. The second-order valence-corrected chi connectivity index (χ2v) is 4.88. The first kappa shape index (κ1) is 14.5. The van der Waals surface area contributed by atoms with Crippen molar-refractivity contribution in [3.05, 3.63) is 18.2 Å². The number of methoxy groups -OCH3 is 1. The molecule has 0 saturated carbocycles. The zero-order valence-corrected chi connectivity index (χ0v) is 12.0. The lowest BCUT2D eigenvalue weighted by Gasteiger charge is -2.32. The van der Waals surface area contributed by atoms with Crippen molar-refractivity contribution in [2.75, 3.05) is 52.7 Å². The lowest BCUT2D eigenvalue weighted by atomic mass is 10.3. The van der Waals surface area contributed by atoms with Crippen molar-refractivity contribution >= 4 is 11.6 Å². The number of ether oxygens (including phenoxy) is 2. The van der Waals surface area contributed by atoms with Gasteiger partial charge in [-0.3, -0.25) is 4.79 Å². The Labute approximate surface area is 119 Å². The van der Waals surface area contributed by atoms with Crippen molar-refractivity contribution < 1.29 is 14.3 Å². The van der Waals surface area contributed by atoms with Gasteiger partial charge in [0.05, 0.1) is 12.8 Å². The van der Waals surface area contributed by atoms with Crippen LogP contribution in [0.1, 0.15) is 0 Å². The van der Waals surface area contributed by atoms with Gasteiger partial charge in [-0.05, 0) is 19.2 Å². The number of nitrogens with zero attached hydrogens (tertiary/aromatic N) is 2. The average Bonchev–Trinajstić information content (AvgIpc) is 2.46. The number of benzene rings is 1. The van der Waals surface area contributed by atoms with Crippen LogP contribution in [0.15, 0.2) is 18.2 Å². The zero-order chi connectivity index (χ0) is 14.5. The summed E-state index contributed by atoms with van der Waals surface area (Å²) in [7, 11) is 3.63. The maximum atomic E-state index is 12.0. The van der Waals surface area contributed by atoms with E-state index in [4.69, 9.17) is 15.2 Å². The molecule has 1 fully saturated rings. The van der Waals surface area contributed by atoms with Gasteiger partial charge in [-0.25, -0.2) is 0 Å². The molecule has 1 aliphatic heterocycles. The lowest BCUT2D eigenvalue weighted by molar-refractivity contribution is -0.134. The fourth-order valence-electron chi connectivity index (χ4n) is 2.07. The SMILES string of the molecule is COc1ccc(OCC(=O)N2CCN(C)CC2)c(N)c1. The van der Waals surface area contributed by atoms with Crippen LogP contribution in [0.4, 0.5) is 5.69 Å². The molecular weight excluding hydrogens is 258 g/mol. The Morgan fingerprint density at radius 1 is 1.30 bits per heavy atom. The Morgan fingerprint density at radius 2 is 2.00 bits per heavy atom. The number of carbonyl (C=O) groups excluding carboxylic acids is 1. The van der Waals surface area contributed by atoms with Crippen molar-refractivity contribution in [3.63, 3.8) is 0 Å². The van der Waals surface area contributed by atoms with Gasteiger partial charge < -0.3 is 25.0 Å². The number of hydrogen-bond donors (Lipinski definition) is 1. The van der Waals surface area contributed by atoms with Crippen LogP contribution in [0.3, 0.4) is 0 Å². The normalized spacial score (nSPS) is 16.0. The molecular formula is C14H21N3O3. The van der Waals surface area contributed by atoms with Crippen LogP contribution in [0, 0.1) is 0 Å². The van der Waals surface area contributed by atoms with Crippen LogP contribution in [0.5, 0.6) is 11.5 Å². The maximum absolute atomic E-state index is 12.0. The summed E-state index contributed by atoms with van der Waals surface area (Å²) in [5, 5.41) is 0. The Balaban J connectivity index is 1.87. The molecule has 6 nitrogen and oxygen atoms in total. The number of carbonyl (C=O) groups is 1. The molecule has 1 amide bonds. The molecule has 1 aliphatic rings. The Morgan fingerprint density at radius 3 is 2.60 bits per heavy atom. The van der Waals surface area contributed by atoms with Gasteiger partial charge in [-0.15, -0.1) is 0 Å². The Bertz CT molecular complexity index is 471. The van der Waals surface area contributed by atoms with E-state index in [0.717, 1.165) is 26.2 Å². The summed E-state index contributed by atoms with van der Waals surface area (Å²) < 4.78 is 10.6. The highest BCUT2D eigenvalue weighted by atomic mass is 16.5. The Kier molecular flexibility index (Phi) is 4.68. The summed E-state index contributed by atoms with van der Waals surface area (Å²) in [6.45, 7) is 3.31. The molecule has 0 radical (unpaired) electrons. The van der Waals surface area contributed by atoms with E-state index in [2.05, 4.69) is 11.9 Å². The number of hydrogen-bond acceptors (Lipinski definition) is 5. The third-order valence-corrected chi connectivity index (χ3v) is 3.42. The van der Waals surface area contributed by atoms with E-state index in [-0.39, 0.29) is 12.5 Å². The second-order valence-electron chi connectivity index (χ2n) is 4.88. The molecule has 0 atom stereocenters. The highest BCUT2D eigenvalue weighted by molar-refractivity contribution is 5.78. The standard InChI is InChI=1S/C14H21N3O3/c1-16-5-7-17(8-6-16)14(18)10-20-13-4-3-11(19-2)9-12(13)15/h3-4,9H,5-8,10,15H2,1-2H3. The number of rotatable bonds is 4. The van der Waals surface area contributed by atoms with E-state index in [1.807, 2.05) is 4.90 Å². The highest BCUT2D eigenvalue weighted by Crippen LogP contribution is 2.26. The van der Waals surface area contributed by atoms with Gasteiger partial charge >= 0.3 is 0 Å². The molecule has 6 heteroatoms. The maximum Gasteiger partial charge on any atom is 0.260 e. The van der Waals surface area contributed by atoms with Crippen molar-refractivity contribution in [3.8, 4) is 11.5 Å². The third-order valence-electron chi connectivity index (χ3n) is 3.42. The fraction of sp³-hybridized carbons (Fsp3) is 0.500. The first-order valence-electron chi connectivity index (χ1n) is 6.63. The number of amides is 1. The highest BCUT2D eigenvalue weighted by Gasteiger charge is 2.19. The smallest absolute Gasteiger partial charge is 0.260 e. The summed E-state index contributed by atoms with van der Waals surface area (Å²) in [5.41, 5.74) is 6.31. The molecule has 0 aromatic heterocycles. The predicted molar refractivity (Wildman–Crippen MR) is 77.0 cm³/mol. The van der Waals surface area contributed by atoms with Crippen LogP contribution in [-0.2, 0) is 4.79 Å². The molecule has 2 rings (SSSR count). The molecule has 110 valence electrons. The van der Waals surface area contributed by atoms with Gasteiger partial charge in [-0.2, -0.15) is 0 Å². The molecule has 1 aromatic rings. The minimum atomic E-state index is -0.00619. The average molecular weight is 279 g/mol. The molecule has 0 bridgehead atoms. The zero-order valence-electron chi connectivity index (χ0n) is 12.0. The predicted octanol–water partition coefficient (Wildman–Crippen LogP) is 0.430. The monoisotopic (exact) mass is 279 g/mol. The van der Waals surface area contributed by atoms with Gasteiger partial charge in [0.2, 0.25) is 0 Å². The summed E-state index contributed by atoms with van der Waals surface area (Å²) in [6.07, 6.45) is 0. The molecule has 0 aliphatic carbocycles. The van der Waals surface area contributed by atoms with Crippen LogP contribution in [0.25, 0.3) is 0 Å². The number of anilines is 1. The van der Waals surface area contributed by atoms with Gasteiger partial charge in [0.25, 0.3) is 5.91 Å². The topological polar surface area (TPSA) is 68.0 Å². The Hall–Kier alpha value is -1.95.